The highest BCUT2D eigenvalue weighted by Gasteiger charge is 2.35. The van der Waals surface area contributed by atoms with E-state index >= 15 is 4.79 Å². The Morgan fingerprint density at radius 2 is 0.743 bits per heavy atom. The summed E-state index contributed by atoms with van der Waals surface area (Å²) in [5, 5.41) is 7.39. The molecular formula is C59H48O9P2. The Bertz CT molecular complexity index is 3350. The summed E-state index contributed by atoms with van der Waals surface area (Å²) in [5.74, 6) is 3.14. The Morgan fingerprint density at radius 3 is 1.14 bits per heavy atom. The van der Waals surface area contributed by atoms with Crippen molar-refractivity contribution in [3.63, 3.8) is 0 Å². The van der Waals surface area contributed by atoms with Crippen LogP contribution in [-0.4, -0.2) is 20.0 Å². The fraction of sp³-hybridized carbons (Fsp3) is 0.102. The van der Waals surface area contributed by atoms with Crippen molar-refractivity contribution in [2.45, 2.75) is 26.2 Å². The number of rotatable bonds is 16. The van der Waals surface area contributed by atoms with Gasteiger partial charge in [0.1, 0.15) is 46.0 Å². The lowest BCUT2D eigenvalue weighted by molar-refractivity contribution is 0.103. The van der Waals surface area contributed by atoms with Crippen molar-refractivity contribution in [3.8, 4) is 46.0 Å². The molecule has 10 rings (SSSR count). The molecule has 0 radical (unpaired) electrons. The molecule has 10 aromatic rings. The van der Waals surface area contributed by atoms with Gasteiger partial charge in [0.15, 0.2) is 0 Å². The summed E-state index contributed by atoms with van der Waals surface area (Å²) in [6, 6.07) is 63.6. The summed E-state index contributed by atoms with van der Waals surface area (Å²) in [6.07, 6.45) is 0. The number of fused-ring (bicyclic) bond motifs is 4. The number of ether oxygens (including phenoxy) is 2. The largest absolute Gasteiger partial charge is 0.530 e. The normalized spacial score (nSPS) is 11.5. The molecule has 0 amide bonds. The van der Waals surface area contributed by atoms with E-state index in [-0.39, 0.29) is 22.6 Å². The third kappa shape index (κ3) is 9.60. The number of ketones is 1. The first-order valence-electron chi connectivity index (χ1n) is 22.7. The first-order valence-corrected chi connectivity index (χ1v) is 24.9. The molecule has 0 saturated carbocycles. The van der Waals surface area contributed by atoms with E-state index in [1.807, 2.05) is 191 Å². The summed E-state index contributed by atoms with van der Waals surface area (Å²) in [7, 11) is -1.48. The molecule has 348 valence electrons. The van der Waals surface area contributed by atoms with Crippen molar-refractivity contribution in [2.75, 3.05) is 14.2 Å². The van der Waals surface area contributed by atoms with Gasteiger partial charge in [-0.3, -0.25) is 4.79 Å². The Kier molecular flexibility index (Phi) is 13.1. The van der Waals surface area contributed by atoms with Gasteiger partial charge < -0.3 is 36.6 Å². The molecule has 0 aliphatic rings. The summed E-state index contributed by atoms with van der Waals surface area (Å²) in [4.78, 5) is 15.7. The van der Waals surface area contributed by atoms with Crippen LogP contribution in [-0.2, 0) is 5.41 Å². The van der Waals surface area contributed by atoms with Gasteiger partial charge in [0.05, 0.1) is 25.3 Å². The van der Waals surface area contributed by atoms with Gasteiger partial charge in [-0.2, -0.15) is 0 Å². The molecule has 0 atom stereocenters. The third-order valence-electron chi connectivity index (χ3n) is 11.8. The molecule has 0 saturated heterocycles. The van der Waals surface area contributed by atoms with Gasteiger partial charge in [-0.25, -0.2) is 0 Å². The van der Waals surface area contributed by atoms with E-state index in [4.69, 9.17) is 36.6 Å². The summed E-state index contributed by atoms with van der Waals surface area (Å²) < 4.78 is 52.9. The lowest BCUT2D eigenvalue weighted by Crippen LogP contribution is -2.18. The number of carbonyl (C=O) groups excluding carboxylic acids is 1. The minimum Gasteiger partial charge on any atom is -0.497 e. The highest BCUT2D eigenvalue weighted by Crippen LogP contribution is 2.52. The zero-order valence-electron chi connectivity index (χ0n) is 39.1. The molecule has 0 fully saturated rings. The maximum Gasteiger partial charge on any atom is 0.530 e. The topological polar surface area (TPSA) is 90.9 Å². The highest BCUT2D eigenvalue weighted by molar-refractivity contribution is 7.43. The molecule has 0 aliphatic heterocycles. The van der Waals surface area contributed by atoms with Crippen LogP contribution in [0.15, 0.2) is 200 Å². The van der Waals surface area contributed by atoms with Crippen LogP contribution in [0.5, 0.6) is 46.0 Å². The van der Waals surface area contributed by atoms with Gasteiger partial charge in [0, 0.05) is 33.2 Å². The van der Waals surface area contributed by atoms with E-state index in [0.29, 0.717) is 40.1 Å². The van der Waals surface area contributed by atoms with Crippen LogP contribution >= 0.6 is 17.2 Å². The van der Waals surface area contributed by atoms with E-state index in [1.54, 1.807) is 44.6 Å². The van der Waals surface area contributed by atoms with Crippen LogP contribution in [0.1, 0.15) is 42.3 Å². The van der Waals surface area contributed by atoms with Crippen LogP contribution in [0.4, 0.5) is 0 Å². The van der Waals surface area contributed by atoms with E-state index in [9.17, 15) is 0 Å². The van der Waals surface area contributed by atoms with Gasteiger partial charge >= 0.3 is 17.2 Å². The SMILES string of the molecule is COc1ccc(C(=O)c2ccc(OC)c(C(C)(C)C)c2OP(Oc2cccc3ccccc23)Oc2cccc3ccccc23)c(OP(Oc2cccc3ccccc23)Oc2cccc3ccccc23)c1. The van der Waals surface area contributed by atoms with Crippen molar-refractivity contribution in [1.82, 2.24) is 0 Å². The number of benzene rings is 10. The minimum atomic E-state index is -2.34. The number of hydrogen-bond donors (Lipinski definition) is 0. The van der Waals surface area contributed by atoms with E-state index < -0.39 is 28.4 Å². The predicted octanol–water partition coefficient (Wildman–Crippen LogP) is 16.4. The lowest BCUT2D eigenvalue weighted by atomic mass is 9.83. The first-order chi connectivity index (χ1) is 34.1. The number of methoxy groups -OCH3 is 2. The maximum absolute atomic E-state index is 15.7. The smallest absolute Gasteiger partial charge is 0.497 e. The average Bonchev–Trinajstić information content (AvgIpc) is 3.38. The highest BCUT2D eigenvalue weighted by atomic mass is 31.2. The number of carbonyl (C=O) groups is 1. The average molecular weight is 963 g/mol. The van der Waals surface area contributed by atoms with Crippen LogP contribution in [0, 0.1) is 0 Å². The molecule has 10 aromatic carbocycles. The van der Waals surface area contributed by atoms with Crippen molar-refractivity contribution < 1.29 is 41.4 Å². The van der Waals surface area contributed by atoms with Gasteiger partial charge in [0.25, 0.3) is 0 Å². The molecular weight excluding hydrogens is 915 g/mol. The molecule has 0 aliphatic carbocycles. The molecule has 70 heavy (non-hydrogen) atoms. The second kappa shape index (κ2) is 20.0. The van der Waals surface area contributed by atoms with E-state index in [2.05, 4.69) is 0 Å². The second-order valence-corrected chi connectivity index (χ2v) is 19.4. The van der Waals surface area contributed by atoms with Crippen LogP contribution in [0.2, 0.25) is 0 Å². The second-order valence-electron chi connectivity index (χ2n) is 17.4. The van der Waals surface area contributed by atoms with Crippen molar-refractivity contribution in [2.24, 2.45) is 0 Å². The molecule has 0 N–H and O–H groups in total. The predicted molar refractivity (Wildman–Crippen MR) is 282 cm³/mol. The molecule has 0 spiro atoms. The van der Waals surface area contributed by atoms with E-state index in [0.717, 1.165) is 43.1 Å². The van der Waals surface area contributed by atoms with Crippen LogP contribution in [0.3, 0.4) is 0 Å². The summed E-state index contributed by atoms with van der Waals surface area (Å²) >= 11 is 0. The Morgan fingerprint density at radius 1 is 0.371 bits per heavy atom. The zero-order chi connectivity index (χ0) is 48.2. The quantitative estimate of drug-likeness (QED) is 0.0693. The van der Waals surface area contributed by atoms with Crippen LogP contribution < -0.4 is 36.6 Å². The molecule has 0 aromatic heterocycles. The van der Waals surface area contributed by atoms with Gasteiger partial charge in [-0.1, -0.05) is 166 Å². The van der Waals surface area contributed by atoms with Crippen LogP contribution in [0.25, 0.3) is 43.1 Å². The monoisotopic (exact) mass is 962 g/mol. The first kappa shape index (κ1) is 45.9. The maximum atomic E-state index is 15.7. The lowest BCUT2D eigenvalue weighted by Gasteiger charge is -2.28. The summed E-state index contributed by atoms with van der Waals surface area (Å²) in [6.45, 7) is 6.11. The van der Waals surface area contributed by atoms with Gasteiger partial charge in [-0.15, -0.1) is 0 Å². The van der Waals surface area contributed by atoms with Crippen molar-refractivity contribution in [3.05, 3.63) is 217 Å². The standard InChI is InChI=1S/C59H48O9P2/c1-59(2,3)56-54(62-5)37-36-49(58(56)68-70(65-52-32-16-24-41-20-8-12-28-46(41)52)66-53-33-17-25-42-21-9-13-29-47(42)53)57(60)48-35-34-43(61-4)38-55(48)67-69(63-50-30-14-22-39-18-6-10-26-44(39)50)64-51-31-15-23-40-19-7-11-27-45(40)51/h6-38H,1-5H3. The third-order valence-corrected chi connectivity index (χ3v) is 13.9. The summed E-state index contributed by atoms with van der Waals surface area (Å²) in [5.41, 5.74) is 0.419. The Labute approximate surface area is 409 Å². The fourth-order valence-electron chi connectivity index (χ4n) is 8.45. The molecule has 0 unspecified atom stereocenters. The fourth-order valence-corrected chi connectivity index (χ4v) is 10.6. The zero-order valence-corrected chi connectivity index (χ0v) is 40.9. The molecule has 0 heterocycles. The van der Waals surface area contributed by atoms with Gasteiger partial charge in [-0.05, 0) is 75.5 Å². The van der Waals surface area contributed by atoms with Crippen molar-refractivity contribution >= 4 is 66.1 Å². The molecule has 11 heteroatoms. The Hall–Kier alpha value is -7.83. The Balaban J connectivity index is 1.10. The number of hydrogen-bond acceptors (Lipinski definition) is 9. The molecule has 9 nitrogen and oxygen atoms in total. The van der Waals surface area contributed by atoms with E-state index in [1.165, 1.54) is 0 Å². The van der Waals surface area contributed by atoms with Gasteiger partial charge in [0.2, 0.25) is 5.78 Å². The molecule has 0 bridgehead atoms. The minimum absolute atomic E-state index is 0.163. The van der Waals surface area contributed by atoms with Crippen molar-refractivity contribution in [1.29, 1.82) is 0 Å².